The highest BCUT2D eigenvalue weighted by Crippen LogP contribution is 2.11. The summed E-state index contributed by atoms with van der Waals surface area (Å²) in [4.78, 5) is 20.2. The van der Waals surface area contributed by atoms with Crippen LogP contribution in [0.1, 0.15) is 24.2 Å². The van der Waals surface area contributed by atoms with E-state index in [9.17, 15) is 14.9 Å². The van der Waals surface area contributed by atoms with E-state index in [1.807, 2.05) is 13.8 Å². The number of nitro groups is 1. The molecule has 76 valence electrons. The van der Waals surface area contributed by atoms with Crippen LogP contribution in [0.2, 0.25) is 0 Å². The maximum atomic E-state index is 10.6. The fourth-order valence-corrected chi connectivity index (χ4v) is 0.773. The molecule has 0 saturated heterocycles. The van der Waals surface area contributed by atoms with Crippen molar-refractivity contribution in [3.8, 4) is 0 Å². The molecule has 1 aromatic rings. The number of carbonyl (C=O) groups is 1. The minimum Gasteiger partial charge on any atom is -0.366 e. The van der Waals surface area contributed by atoms with Gasteiger partial charge in [-0.1, -0.05) is 19.9 Å². The average molecular weight is 196 g/mol. The van der Waals surface area contributed by atoms with E-state index in [2.05, 4.69) is 0 Å². The van der Waals surface area contributed by atoms with Crippen LogP contribution in [-0.4, -0.2) is 10.8 Å². The third-order valence-electron chi connectivity index (χ3n) is 1.34. The van der Waals surface area contributed by atoms with Crippen molar-refractivity contribution < 1.29 is 9.72 Å². The van der Waals surface area contributed by atoms with Crippen LogP contribution in [0.25, 0.3) is 0 Å². The van der Waals surface area contributed by atoms with Crippen molar-refractivity contribution in [3.05, 3.63) is 39.9 Å². The highest BCUT2D eigenvalue weighted by molar-refractivity contribution is 5.93. The summed E-state index contributed by atoms with van der Waals surface area (Å²) in [5, 5.41) is 10.2. The first kappa shape index (κ1) is 12.1. The van der Waals surface area contributed by atoms with E-state index >= 15 is 0 Å². The zero-order chi connectivity index (χ0) is 11.1. The molecule has 5 heteroatoms. The molecule has 0 heterocycles. The highest BCUT2D eigenvalue weighted by atomic mass is 16.6. The zero-order valence-corrected chi connectivity index (χ0v) is 8.06. The van der Waals surface area contributed by atoms with Gasteiger partial charge < -0.3 is 5.73 Å². The number of rotatable bonds is 2. The van der Waals surface area contributed by atoms with Crippen LogP contribution in [0.3, 0.4) is 0 Å². The quantitative estimate of drug-likeness (QED) is 0.577. The van der Waals surface area contributed by atoms with Gasteiger partial charge in [-0.05, 0) is 6.07 Å². The number of non-ortho nitro benzene ring substituents is 1. The van der Waals surface area contributed by atoms with Gasteiger partial charge in [-0.2, -0.15) is 0 Å². The number of nitrogens with two attached hydrogens (primary N) is 1. The van der Waals surface area contributed by atoms with Crippen LogP contribution < -0.4 is 5.73 Å². The second-order valence-electron chi connectivity index (χ2n) is 2.17. The van der Waals surface area contributed by atoms with Crippen LogP contribution in [-0.2, 0) is 0 Å². The maximum absolute atomic E-state index is 10.6. The molecule has 5 nitrogen and oxygen atoms in total. The summed E-state index contributed by atoms with van der Waals surface area (Å²) in [6.07, 6.45) is 0. The van der Waals surface area contributed by atoms with E-state index in [1.54, 1.807) is 0 Å². The predicted molar refractivity (Wildman–Crippen MR) is 53.0 cm³/mol. The van der Waals surface area contributed by atoms with E-state index in [-0.39, 0.29) is 11.3 Å². The van der Waals surface area contributed by atoms with Crippen molar-refractivity contribution >= 4 is 11.6 Å². The second kappa shape index (κ2) is 5.69. The summed E-state index contributed by atoms with van der Waals surface area (Å²) in [6, 6.07) is 5.28. The molecule has 0 unspecified atom stereocenters. The van der Waals surface area contributed by atoms with Crippen LogP contribution in [0, 0.1) is 10.1 Å². The molecule has 0 radical (unpaired) electrons. The minimum absolute atomic E-state index is 0.133. The number of hydrogen-bond acceptors (Lipinski definition) is 3. The largest absolute Gasteiger partial charge is 0.366 e. The molecule has 0 atom stereocenters. The van der Waals surface area contributed by atoms with Crippen molar-refractivity contribution in [1.82, 2.24) is 0 Å². The summed E-state index contributed by atoms with van der Waals surface area (Å²) in [6.45, 7) is 4.00. The van der Waals surface area contributed by atoms with Crippen molar-refractivity contribution in [1.29, 1.82) is 0 Å². The van der Waals surface area contributed by atoms with Gasteiger partial charge in [-0.25, -0.2) is 0 Å². The fraction of sp³-hybridized carbons (Fsp3) is 0.222. The topological polar surface area (TPSA) is 86.2 Å². The number of nitro benzene ring substituents is 1. The Morgan fingerprint density at radius 2 is 2.00 bits per heavy atom. The van der Waals surface area contributed by atoms with E-state index in [4.69, 9.17) is 5.73 Å². The van der Waals surface area contributed by atoms with Gasteiger partial charge in [-0.15, -0.1) is 0 Å². The average Bonchev–Trinajstić information content (AvgIpc) is 2.21. The van der Waals surface area contributed by atoms with Crippen molar-refractivity contribution in [2.24, 2.45) is 5.73 Å². The lowest BCUT2D eigenvalue weighted by Gasteiger charge is -1.93. The molecule has 0 aliphatic heterocycles. The minimum atomic E-state index is -0.668. The molecular formula is C9H12N2O3. The van der Waals surface area contributed by atoms with Crippen LogP contribution in [0.15, 0.2) is 24.3 Å². The van der Waals surface area contributed by atoms with Crippen molar-refractivity contribution in [3.63, 3.8) is 0 Å². The van der Waals surface area contributed by atoms with Gasteiger partial charge in [-0.3, -0.25) is 14.9 Å². The molecule has 0 aromatic heterocycles. The van der Waals surface area contributed by atoms with Gasteiger partial charge in [0, 0.05) is 17.7 Å². The number of carbonyl (C=O) groups excluding carboxylic acids is 1. The van der Waals surface area contributed by atoms with Gasteiger partial charge in [0.05, 0.1) is 4.92 Å². The first-order valence-corrected chi connectivity index (χ1v) is 4.15. The molecule has 0 spiro atoms. The van der Waals surface area contributed by atoms with Crippen LogP contribution >= 0.6 is 0 Å². The molecule has 1 amide bonds. The van der Waals surface area contributed by atoms with Gasteiger partial charge in [0.1, 0.15) is 0 Å². The Bertz CT molecular complexity index is 307. The Morgan fingerprint density at radius 1 is 1.43 bits per heavy atom. The number of primary amides is 1. The van der Waals surface area contributed by atoms with E-state index in [0.717, 1.165) is 6.07 Å². The second-order valence-corrected chi connectivity index (χ2v) is 2.17. The molecule has 0 fully saturated rings. The van der Waals surface area contributed by atoms with Crippen LogP contribution in [0.5, 0.6) is 0 Å². The molecule has 2 N–H and O–H groups in total. The molecule has 0 bridgehead atoms. The Labute approximate surface area is 81.7 Å². The highest BCUT2D eigenvalue weighted by Gasteiger charge is 2.07. The van der Waals surface area contributed by atoms with Gasteiger partial charge in [0.25, 0.3) is 5.69 Å². The molecular weight excluding hydrogens is 184 g/mol. The monoisotopic (exact) mass is 196 g/mol. The smallest absolute Gasteiger partial charge is 0.270 e. The van der Waals surface area contributed by atoms with E-state index in [1.165, 1.54) is 18.2 Å². The Balaban J connectivity index is 0.000000791. The van der Waals surface area contributed by atoms with Crippen LogP contribution in [0.4, 0.5) is 5.69 Å². The molecule has 14 heavy (non-hydrogen) atoms. The summed E-state index contributed by atoms with van der Waals surface area (Å²) in [5.41, 5.74) is 4.93. The van der Waals surface area contributed by atoms with Gasteiger partial charge in [0.15, 0.2) is 0 Å². The Kier molecular flexibility index (Phi) is 4.91. The maximum Gasteiger partial charge on any atom is 0.270 e. The van der Waals surface area contributed by atoms with E-state index in [0.29, 0.717) is 0 Å². The van der Waals surface area contributed by atoms with Crippen molar-refractivity contribution in [2.45, 2.75) is 13.8 Å². The predicted octanol–water partition coefficient (Wildman–Crippen LogP) is 1.72. The number of hydrogen-bond donors (Lipinski definition) is 1. The lowest BCUT2D eigenvalue weighted by Crippen LogP contribution is -2.10. The molecule has 0 saturated carbocycles. The lowest BCUT2D eigenvalue weighted by atomic mass is 10.2. The Morgan fingerprint density at radius 3 is 2.43 bits per heavy atom. The fourth-order valence-electron chi connectivity index (χ4n) is 0.773. The zero-order valence-electron chi connectivity index (χ0n) is 8.06. The number of nitrogens with zero attached hydrogens (tertiary/aromatic N) is 1. The third kappa shape index (κ3) is 3.22. The summed E-state index contributed by atoms with van der Waals surface area (Å²) in [5.74, 6) is -0.668. The first-order chi connectivity index (χ1) is 6.61. The standard InChI is InChI=1S/C7H6N2O3.C2H6/c8-7(10)5-2-1-3-6(4-5)9(11)12;1-2/h1-4H,(H2,8,10);1-2H3. The molecule has 0 aliphatic rings. The Hall–Kier alpha value is -1.91. The SMILES string of the molecule is CC.NC(=O)c1cccc([N+](=O)[O-])c1. The van der Waals surface area contributed by atoms with E-state index < -0.39 is 10.8 Å². The molecule has 1 rings (SSSR count). The van der Waals surface area contributed by atoms with Gasteiger partial charge >= 0.3 is 0 Å². The molecule has 1 aromatic carbocycles. The third-order valence-corrected chi connectivity index (χ3v) is 1.34. The van der Waals surface area contributed by atoms with Gasteiger partial charge in [0.2, 0.25) is 5.91 Å². The molecule has 0 aliphatic carbocycles. The lowest BCUT2D eigenvalue weighted by molar-refractivity contribution is -0.384. The summed E-state index contributed by atoms with van der Waals surface area (Å²) in [7, 11) is 0. The summed E-state index contributed by atoms with van der Waals surface area (Å²) >= 11 is 0. The summed E-state index contributed by atoms with van der Waals surface area (Å²) < 4.78 is 0. The first-order valence-electron chi connectivity index (χ1n) is 4.15. The van der Waals surface area contributed by atoms with Crippen molar-refractivity contribution in [2.75, 3.05) is 0 Å². The number of benzene rings is 1. The normalized spacial score (nSPS) is 8.43. The number of amides is 1.